The van der Waals surface area contributed by atoms with Crippen molar-refractivity contribution in [1.29, 1.82) is 0 Å². The SMILES string of the molecule is CCNc1cc(NC2CCC2)nc(C(C)C)n1. The van der Waals surface area contributed by atoms with Gasteiger partial charge in [0.15, 0.2) is 0 Å². The van der Waals surface area contributed by atoms with E-state index in [0.29, 0.717) is 12.0 Å². The second-order valence-electron chi connectivity index (χ2n) is 4.95. The maximum absolute atomic E-state index is 4.57. The fourth-order valence-corrected chi connectivity index (χ4v) is 1.83. The van der Waals surface area contributed by atoms with Crippen LogP contribution in [0.4, 0.5) is 11.6 Å². The molecule has 0 unspecified atom stereocenters. The molecule has 4 heteroatoms. The fourth-order valence-electron chi connectivity index (χ4n) is 1.83. The third kappa shape index (κ3) is 3.08. The normalized spacial score (nSPS) is 15.8. The van der Waals surface area contributed by atoms with Crippen molar-refractivity contribution in [2.24, 2.45) is 0 Å². The Morgan fingerprint density at radius 2 is 2.00 bits per heavy atom. The highest BCUT2D eigenvalue weighted by Crippen LogP contribution is 2.24. The van der Waals surface area contributed by atoms with Gasteiger partial charge in [0.25, 0.3) is 0 Å². The minimum Gasteiger partial charge on any atom is -0.370 e. The second kappa shape index (κ2) is 5.34. The maximum Gasteiger partial charge on any atom is 0.135 e. The van der Waals surface area contributed by atoms with E-state index in [1.165, 1.54) is 19.3 Å². The standard InChI is InChI=1S/C13H22N4/c1-4-14-11-8-12(15-10-6-5-7-10)17-13(16-11)9(2)3/h8-10H,4-7H2,1-3H3,(H2,14,15,16,17). The Balaban J connectivity index is 2.16. The summed E-state index contributed by atoms with van der Waals surface area (Å²) in [5.74, 6) is 3.15. The van der Waals surface area contributed by atoms with E-state index >= 15 is 0 Å². The lowest BCUT2D eigenvalue weighted by molar-refractivity contribution is 0.444. The quantitative estimate of drug-likeness (QED) is 0.822. The molecule has 1 aromatic heterocycles. The van der Waals surface area contributed by atoms with Gasteiger partial charge in [-0.1, -0.05) is 13.8 Å². The van der Waals surface area contributed by atoms with Gasteiger partial charge in [-0.05, 0) is 26.2 Å². The lowest BCUT2D eigenvalue weighted by Gasteiger charge is -2.27. The van der Waals surface area contributed by atoms with Crippen LogP contribution in [0.25, 0.3) is 0 Å². The zero-order valence-electron chi connectivity index (χ0n) is 11.0. The van der Waals surface area contributed by atoms with Crippen molar-refractivity contribution in [3.05, 3.63) is 11.9 Å². The van der Waals surface area contributed by atoms with Crippen molar-refractivity contribution in [2.75, 3.05) is 17.2 Å². The van der Waals surface area contributed by atoms with Crippen LogP contribution in [0.2, 0.25) is 0 Å². The molecule has 0 amide bonds. The summed E-state index contributed by atoms with van der Waals surface area (Å²) in [7, 11) is 0. The molecule has 0 aliphatic heterocycles. The lowest BCUT2D eigenvalue weighted by Crippen LogP contribution is -2.27. The zero-order valence-corrected chi connectivity index (χ0v) is 11.0. The molecule has 2 rings (SSSR count). The summed E-state index contributed by atoms with van der Waals surface area (Å²) in [4.78, 5) is 9.09. The molecule has 0 atom stereocenters. The third-order valence-corrected chi connectivity index (χ3v) is 3.07. The summed E-state index contributed by atoms with van der Waals surface area (Å²) >= 11 is 0. The first kappa shape index (κ1) is 12.1. The molecule has 1 aliphatic carbocycles. The summed E-state index contributed by atoms with van der Waals surface area (Å²) in [6, 6.07) is 2.62. The monoisotopic (exact) mass is 234 g/mol. The van der Waals surface area contributed by atoms with E-state index in [2.05, 4.69) is 41.4 Å². The van der Waals surface area contributed by atoms with Crippen LogP contribution in [0.3, 0.4) is 0 Å². The number of anilines is 2. The van der Waals surface area contributed by atoms with E-state index in [1.54, 1.807) is 0 Å². The van der Waals surface area contributed by atoms with Gasteiger partial charge >= 0.3 is 0 Å². The van der Waals surface area contributed by atoms with Crippen LogP contribution in [0.15, 0.2) is 6.07 Å². The Hall–Kier alpha value is -1.32. The van der Waals surface area contributed by atoms with Crippen LogP contribution < -0.4 is 10.6 Å². The average molecular weight is 234 g/mol. The summed E-state index contributed by atoms with van der Waals surface area (Å²) in [6.45, 7) is 7.21. The van der Waals surface area contributed by atoms with E-state index in [4.69, 9.17) is 0 Å². The second-order valence-corrected chi connectivity index (χ2v) is 4.95. The third-order valence-electron chi connectivity index (χ3n) is 3.07. The average Bonchev–Trinajstić information content (AvgIpc) is 2.24. The molecule has 1 aliphatic rings. The number of nitrogens with zero attached hydrogens (tertiary/aromatic N) is 2. The van der Waals surface area contributed by atoms with E-state index in [1.807, 2.05) is 6.07 Å². The molecule has 0 saturated heterocycles. The molecule has 0 radical (unpaired) electrons. The van der Waals surface area contributed by atoms with Crippen molar-refractivity contribution >= 4 is 11.6 Å². The van der Waals surface area contributed by atoms with Gasteiger partial charge in [-0.15, -0.1) is 0 Å². The van der Waals surface area contributed by atoms with Crippen LogP contribution in [0.5, 0.6) is 0 Å². The summed E-state index contributed by atoms with van der Waals surface area (Å²) in [5.41, 5.74) is 0. The first-order chi connectivity index (χ1) is 8.19. The van der Waals surface area contributed by atoms with Crippen molar-refractivity contribution < 1.29 is 0 Å². The molecule has 2 N–H and O–H groups in total. The van der Waals surface area contributed by atoms with E-state index < -0.39 is 0 Å². The molecule has 1 fully saturated rings. The van der Waals surface area contributed by atoms with Crippen LogP contribution in [-0.4, -0.2) is 22.6 Å². The van der Waals surface area contributed by atoms with Crippen LogP contribution in [0.1, 0.15) is 51.8 Å². The molecule has 1 heterocycles. The predicted octanol–water partition coefficient (Wildman–Crippen LogP) is 3.00. The van der Waals surface area contributed by atoms with Crippen molar-refractivity contribution in [1.82, 2.24) is 9.97 Å². The maximum atomic E-state index is 4.57. The molecule has 4 nitrogen and oxygen atoms in total. The minimum absolute atomic E-state index is 0.357. The van der Waals surface area contributed by atoms with Gasteiger partial charge in [-0.2, -0.15) is 0 Å². The molecule has 17 heavy (non-hydrogen) atoms. The Labute approximate surface area is 103 Å². The van der Waals surface area contributed by atoms with Gasteiger partial charge in [-0.3, -0.25) is 0 Å². The van der Waals surface area contributed by atoms with Gasteiger partial charge in [0.1, 0.15) is 17.5 Å². The van der Waals surface area contributed by atoms with Gasteiger partial charge < -0.3 is 10.6 Å². The first-order valence-electron chi connectivity index (χ1n) is 6.58. The number of nitrogens with one attached hydrogen (secondary N) is 2. The molecule has 1 aromatic rings. The molecular formula is C13H22N4. The molecule has 94 valence electrons. The van der Waals surface area contributed by atoms with Gasteiger partial charge in [0.05, 0.1) is 0 Å². The number of hydrogen-bond donors (Lipinski definition) is 2. The molecular weight excluding hydrogens is 212 g/mol. The smallest absolute Gasteiger partial charge is 0.135 e. The Kier molecular flexibility index (Phi) is 3.82. The van der Waals surface area contributed by atoms with Gasteiger partial charge in [0, 0.05) is 24.6 Å². The summed E-state index contributed by atoms with van der Waals surface area (Å²) in [5, 5.41) is 6.74. The topological polar surface area (TPSA) is 49.8 Å². The Morgan fingerprint density at radius 1 is 1.29 bits per heavy atom. The molecule has 0 aromatic carbocycles. The Bertz CT molecular complexity index is 372. The Morgan fingerprint density at radius 3 is 2.53 bits per heavy atom. The van der Waals surface area contributed by atoms with E-state index in [0.717, 1.165) is 24.0 Å². The molecule has 0 bridgehead atoms. The van der Waals surface area contributed by atoms with Crippen LogP contribution in [0, 0.1) is 0 Å². The van der Waals surface area contributed by atoms with Crippen molar-refractivity contribution in [2.45, 2.75) is 52.0 Å². The van der Waals surface area contributed by atoms with E-state index in [-0.39, 0.29) is 0 Å². The number of aromatic nitrogens is 2. The summed E-state index contributed by atoms with van der Waals surface area (Å²) < 4.78 is 0. The first-order valence-corrected chi connectivity index (χ1v) is 6.58. The fraction of sp³-hybridized carbons (Fsp3) is 0.692. The van der Waals surface area contributed by atoms with Gasteiger partial charge in [-0.25, -0.2) is 9.97 Å². The van der Waals surface area contributed by atoms with Crippen LogP contribution >= 0.6 is 0 Å². The highest BCUT2D eigenvalue weighted by molar-refractivity contribution is 5.48. The van der Waals surface area contributed by atoms with Crippen molar-refractivity contribution in [3.8, 4) is 0 Å². The largest absolute Gasteiger partial charge is 0.370 e. The zero-order chi connectivity index (χ0) is 12.3. The number of rotatable bonds is 5. The minimum atomic E-state index is 0.357. The van der Waals surface area contributed by atoms with Crippen molar-refractivity contribution in [3.63, 3.8) is 0 Å². The van der Waals surface area contributed by atoms with E-state index in [9.17, 15) is 0 Å². The van der Waals surface area contributed by atoms with Gasteiger partial charge in [0.2, 0.25) is 0 Å². The highest BCUT2D eigenvalue weighted by atomic mass is 15.1. The lowest BCUT2D eigenvalue weighted by atomic mass is 9.93. The summed E-state index contributed by atoms with van der Waals surface area (Å²) in [6.07, 6.45) is 3.86. The number of hydrogen-bond acceptors (Lipinski definition) is 4. The highest BCUT2D eigenvalue weighted by Gasteiger charge is 2.18. The van der Waals surface area contributed by atoms with Crippen LogP contribution in [-0.2, 0) is 0 Å². The predicted molar refractivity (Wildman–Crippen MR) is 71.5 cm³/mol. The molecule has 0 spiro atoms. The molecule has 1 saturated carbocycles.